The minimum absolute atomic E-state index is 0. The first-order valence-corrected chi connectivity index (χ1v) is 5.17. The zero-order chi connectivity index (χ0) is 10.2. The Morgan fingerprint density at radius 2 is 1.93 bits per heavy atom. The molecule has 0 saturated heterocycles. The van der Waals surface area contributed by atoms with E-state index in [0.29, 0.717) is 16.3 Å². The Hall–Kier alpha value is 0.320. The maximum Gasteiger partial charge on any atom is 1.00 e. The summed E-state index contributed by atoms with van der Waals surface area (Å²) >= 11 is -2.18. The summed E-state index contributed by atoms with van der Waals surface area (Å²) in [6.07, 6.45) is 0. The summed E-state index contributed by atoms with van der Waals surface area (Å²) in [6.45, 7) is 7.41. The van der Waals surface area contributed by atoms with E-state index < -0.39 is 11.1 Å². The van der Waals surface area contributed by atoms with Gasteiger partial charge >= 0.3 is 29.6 Å². The van der Waals surface area contributed by atoms with Gasteiger partial charge in [0, 0.05) is 6.04 Å². The van der Waals surface area contributed by atoms with E-state index >= 15 is 0 Å². The molecule has 1 aromatic heterocycles. The van der Waals surface area contributed by atoms with Gasteiger partial charge in [0.25, 0.3) is 0 Å². The summed E-state index contributed by atoms with van der Waals surface area (Å²) < 4.78 is 23.4. The van der Waals surface area contributed by atoms with Gasteiger partial charge in [-0.2, -0.15) is 5.10 Å². The van der Waals surface area contributed by atoms with Crippen molar-refractivity contribution in [3.63, 3.8) is 0 Å². The second-order valence-corrected chi connectivity index (χ2v) is 4.15. The molecular formula is C8H13N2NaO2S. The molecule has 1 aromatic rings. The molecule has 1 unspecified atom stereocenters. The molecule has 1 rings (SSSR count). The first-order valence-electron chi connectivity index (χ1n) is 4.10. The monoisotopic (exact) mass is 224 g/mol. The molecule has 14 heavy (non-hydrogen) atoms. The van der Waals surface area contributed by atoms with Gasteiger partial charge in [-0.3, -0.25) is 8.89 Å². The van der Waals surface area contributed by atoms with E-state index in [0.717, 1.165) is 0 Å². The Labute approximate surface area is 109 Å². The van der Waals surface area contributed by atoms with E-state index in [-0.39, 0.29) is 35.6 Å². The smallest absolute Gasteiger partial charge is 0.768 e. The van der Waals surface area contributed by atoms with Gasteiger partial charge in [-0.05, 0) is 38.8 Å². The molecule has 0 aliphatic rings. The van der Waals surface area contributed by atoms with Gasteiger partial charge in [0.15, 0.2) is 0 Å². The average molecular weight is 224 g/mol. The topological polar surface area (TPSA) is 58.0 Å². The summed E-state index contributed by atoms with van der Waals surface area (Å²) in [4.78, 5) is 0.328. The Morgan fingerprint density at radius 3 is 2.14 bits per heavy atom. The zero-order valence-electron chi connectivity index (χ0n) is 9.20. The van der Waals surface area contributed by atoms with Crippen molar-refractivity contribution in [1.82, 2.24) is 9.78 Å². The van der Waals surface area contributed by atoms with Gasteiger partial charge in [-0.25, -0.2) is 0 Å². The Bertz CT molecular complexity index is 349. The Morgan fingerprint density at radius 1 is 1.43 bits per heavy atom. The number of aromatic nitrogens is 2. The molecule has 6 heteroatoms. The van der Waals surface area contributed by atoms with Crippen molar-refractivity contribution < 1.29 is 38.3 Å². The van der Waals surface area contributed by atoms with Crippen LogP contribution in [0, 0.1) is 13.8 Å². The molecule has 0 amide bonds. The number of hydrogen-bond donors (Lipinski definition) is 0. The average Bonchev–Trinajstić information content (AvgIpc) is 2.26. The molecule has 0 spiro atoms. The van der Waals surface area contributed by atoms with Gasteiger partial charge in [0.1, 0.15) is 0 Å². The van der Waals surface area contributed by atoms with Gasteiger partial charge in [-0.15, -0.1) is 0 Å². The molecule has 0 aromatic carbocycles. The fourth-order valence-electron chi connectivity index (χ4n) is 1.39. The molecular weight excluding hydrogens is 211 g/mol. The molecule has 1 atom stereocenters. The number of rotatable bonds is 2. The maximum absolute atomic E-state index is 10.8. The molecule has 0 bridgehead atoms. The van der Waals surface area contributed by atoms with Crippen LogP contribution < -0.4 is 29.6 Å². The summed E-state index contributed by atoms with van der Waals surface area (Å²) in [5.74, 6) is 0. The fraction of sp³-hybridized carbons (Fsp3) is 0.625. The quantitative estimate of drug-likeness (QED) is 0.445. The normalized spacial score (nSPS) is 12.7. The van der Waals surface area contributed by atoms with E-state index in [4.69, 9.17) is 0 Å². The summed E-state index contributed by atoms with van der Waals surface area (Å²) in [5, 5.41) is 4.15. The minimum Gasteiger partial charge on any atom is -0.768 e. The number of nitrogens with zero attached hydrogens (tertiary/aromatic N) is 2. The summed E-state index contributed by atoms with van der Waals surface area (Å²) in [7, 11) is 0. The third-order valence-electron chi connectivity index (χ3n) is 1.91. The third kappa shape index (κ3) is 2.67. The van der Waals surface area contributed by atoms with Crippen LogP contribution in [0.1, 0.15) is 31.3 Å². The predicted molar refractivity (Wildman–Crippen MR) is 49.3 cm³/mol. The van der Waals surface area contributed by atoms with Crippen LogP contribution in [0.2, 0.25) is 0 Å². The van der Waals surface area contributed by atoms with Crippen LogP contribution in [-0.4, -0.2) is 18.5 Å². The molecule has 0 aliphatic heterocycles. The molecule has 0 aliphatic carbocycles. The van der Waals surface area contributed by atoms with E-state index in [9.17, 15) is 8.76 Å². The van der Waals surface area contributed by atoms with Gasteiger partial charge < -0.3 is 4.55 Å². The molecule has 0 fully saturated rings. The molecule has 4 nitrogen and oxygen atoms in total. The van der Waals surface area contributed by atoms with Crippen LogP contribution in [0.5, 0.6) is 0 Å². The van der Waals surface area contributed by atoms with Crippen molar-refractivity contribution in [3.8, 4) is 0 Å². The first kappa shape index (κ1) is 14.3. The van der Waals surface area contributed by atoms with Gasteiger partial charge in [0.05, 0.1) is 16.3 Å². The van der Waals surface area contributed by atoms with E-state index in [1.807, 2.05) is 13.8 Å². The standard InChI is InChI=1S/C8H14N2O2S.Na/c1-5(2)10-7(4)8(13(11)12)6(3)9-10;/h5H,1-4H3,(H,11,12);/q;+1/p-1. The second-order valence-electron chi connectivity index (χ2n) is 3.27. The van der Waals surface area contributed by atoms with Crippen molar-refractivity contribution in [2.24, 2.45) is 0 Å². The van der Waals surface area contributed by atoms with Crippen LogP contribution >= 0.6 is 0 Å². The van der Waals surface area contributed by atoms with Gasteiger partial charge in [-0.1, -0.05) is 0 Å². The SMILES string of the molecule is Cc1nn(C(C)C)c(C)c1S(=O)[O-].[Na+]. The molecule has 1 heterocycles. The van der Waals surface area contributed by atoms with Crippen molar-refractivity contribution in [3.05, 3.63) is 11.4 Å². The van der Waals surface area contributed by atoms with Crippen LogP contribution in [0.3, 0.4) is 0 Å². The van der Waals surface area contributed by atoms with Crippen LogP contribution in [0.4, 0.5) is 0 Å². The van der Waals surface area contributed by atoms with Gasteiger partial charge in [0.2, 0.25) is 0 Å². The van der Waals surface area contributed by atoms with Crippen LogP contribution in [0.25, 0.3) is 0 Å². The van der Waals surface area contributed by atoms with E-state index in [1.54, 1.807) is 18.5 Å². The fourth-order valence-corrected chi connectivity index (χ4v) is 2.01. The maximum atomic E-state index is 10.8. The zero-order valence-corrected chi connectivity index (χ0v) is 12.0. The molecule has 0 saturated carbocycles. The van der Waals surface area contributed by atoms with E-state index in [1.165, 1.54) is 0 Å². The van der Waals surface area contributed by atoms with E-state index in [2.05, 4.69) is 5.10 Å². The third-order valence-corrected chi connectivity index (χ3v) is 2.84. The predicted octanol–water partition coefficient (Wildman–Crippen LogP) is -1.68. The summed E-state index contributed by atoms with van der Waals surface area (Å²) in [6, 6.07) is 0.191. The largest absolute Gasteiger partial charge is 1.00 e. The minimum atomic E-state index is -2.18. The van der Waals surface area contributed by atoms with Crippen LogP contribution in [-0.2, 0) is 11.1 Å². The van der Waals surface area contributed by atoms with Crippen molar-refractivity contribution >= 4 is 11.1 Å². The second kappa shape index (κ2) is 5.42. The Kier molecular flexibility index (Phi) is 5.54. The summed E-state index contributed by atoms with van der Waals surface area (Å²) in [5.41, 5.74) is 1.28. The van der Waals surface area contributed by atoms with Crippen LogP contribution in [0.15, 0.2) is 4.90 Å². The van der Waals surface area contributed by atoms with Crippen molar-refractivity contribution in [1.29, 1.82) is 0 Å². The first-order chi connectivity index (χ1) is 5.95. The van der Waals surface area contributed by atoms with Crippen molar-refractivity contribution in [2.75, 3.05) is 0 Å². The van der Waals surface area contributed by atoms with Crippen molar-refractivity contribution in [2.45, 2.75) is 38.6 Å². The molecule has 0 N–H and O–H groups in total. The number of aryl methyl sites for hydroxylation is 1. The molecule has 0 radical (unpaired) electrons. The number of hydrogen-bond acceptors (Lipinski definition) is 3. The Balaban J connectivity index is 0.00000169. The molecule has 74 valence electrons.